The average molecular weight is 476 g/mol. The Labute approximate surface area is 172 Å². The monoisotopic (exact) mass is 476 g/mol. The van der Waals surface area contributed by atoms with E-state index < -0.39 is 0 Å². The highest BCUT2D eigenvalue weighted by atomic mass is 127. The van der Waals surface area contributed by atoms with Crippen molar-refractivity contribution in [3.8, 4) is 0 Å². The Morgan fingerprint density at radius 3 is 2.84 bits per heavy atom. The highest BCUT2D eigenvalue weighted by molar-refractivity contribution is 14.0. The van der Waals surface area contributed by atoms with Crippen molar-refractivity contribution in [3.63, 3.8) is 0 Å². The smallest absolute Gasteiger partial charge is 0.246 e. The minimum absolute atomic E-state index is 0. The maximum atomic E-state index is 12.6. The minimum Gasteiger partial charge on any atom is -0.356 e. The Balaban J connectivity index is 0.00000312. The van der Waals surface area contributed by atoms with E-state index in [1.165, 1.54) is 17.7 Å². The number of para-hydroxylation sites is 1. The van der Waals surface area contributed by atoms with Gasteiger partial charge in [-0.1, -0.05) is 18.2 Å². The number of hydrogen-bond acceptors (Lipinski definition) is 3. The molecule has 1 aromatic rings. The second kappa shape index (κ2) is 12.4. The van der Waals surface area contributed by atoms with Gasteiger partial charge in [0.2, 0.25) is 5.91 Å². The lowest BCUT2D eigenvalue weighted by molar-refractivity contribution is -0.117. The highest BCUT2D eigenvalue weighted by Crippen LogP contribution is 2.26. The van der Waals surface area contributed by atoms with Gasteiger partial charge in [0, 0.05) is 25.8 Å². The zero-order valence-electron chi connectivity index (χ0n) is 15.1. The standard InChI is InChI=1S/C18H28N4OS.HI/c1-19-18(20-11-5-6-13-24-2)21-14-17(23)22-12-7-9-15-8-3-4-10-16(15)22;/h3-4,8,10H,5-7,9,11-14H2,1-2H3,(H2,19,20,21);1H. The topological polar surface area (TPSA) is 56.7 Å². The molecule has 25 heavy (non-hydrogen) atoms. The van der Waals surface area contributed by atoms with Gasteiger partial charge in [0.05, 0.1) is 6.54 Å². The van der Waals surface area contributed by atoms with Gasteiger partial charge in [0.25, 0.3) is 0 Å². The number of benzene rings is 1. The Bertz CT molecular complexity index is 568. The van der Waals surface area contributed by atoms with Gasteiger partial charge in [0.15, 0.2) is 5.96 Å². The molecule has 0 aromatic heterocycles. The molecule has 1 amide bonds. The van der Waals surface area contributed by atoms with E-state index in [-0.39, 0.29) is 36.4 Å². The summed E-state index contributed by atoms with van der Waals surface area (Å²) in [4.78, 5) is 18.6. The van der Waals surface area contributed by atoms with E-state index in [0.29, 0.717) is 5.96 Å². The predicted octanol–water partition coefficient (Wildman–Crippen LogP) is 2.89. The number of thioether (sulfide) groups is 1. The SMILES string of the molecule is CN=C(NCCCCSC)NCC(=O)N1CCCc2ccccc21.I. The van der Waals surface area contributed by atoms with Crippen LogP contribution in [-0.4, -0.2) is 50.6 Å². The molecular formula is C18H29IN4OS. The maximum Gasteiger partial charge on any atom is 0.246 e. The summed E-state index contributed by atoms with van der Waals surface area (Å²) < 4.78 is 0. The number of nitrogens with zero attached hydrogens (tertiary/aromatic N) is 2. The normalized spacial score (nSPS) is 13.7. The predicted molar refractivity (Wildman–Crippen MR) is 120 cm³/mol. The van der Waals surface area contributed by atoms with Crippen molar-refractivity contribution in [1.29, 1.82) is 0 Å². The Hall–Kier alpha value is -0.960. The van der Waals surface area contributed by atoms with Gasteiger partial charge in [-0.25, -0.2) is 0 Å². The number of hydrogen-bond donors (Lipinski definition) is 2. The summed E-state index contributed by atoms with van der Waals surface area (Å²) in [6.07, 6.45) is 6.49. The minimum atomic E-state index is 0. The lowest BCUT2D eigenvalue weighted by Gasteiger charge is -2.29. The molecule has 2 N–H and O–H groups in total. The lowest BCUT2D eigenvalue weighted by Crippen LogP contribution is -2.46. The molecule has 0 spiro atoms. The van der Waals surface area contributed by atoms with Gasteiger partial charge < -0.3 is 15.5 Å². The van der Waals surface area contributed by atoms with Crippen molar-refractivity contribution >= 4 is 53.3 Å². The van der Waals surface area contributed by atoms with Gasteiger partial charge in [-0.3, -0.25) is 9.79 Å². The summed E-state index contributed by atoms with van der Waals surface area (Å²) in [6.45, 7) is 1.93. The summed E-state index contributed by atoms with van der Waals surface area (Å²) in [5.74, 6) is 1.96. The van der Waals surface area contributed by atoms with Crippen molar-refractivity contribution in [2.45, 2.75) is 25.7 Å². The van der Waals surface area contributed by atoms with E-state index in [1.54, 1.807) is 7.05 Å². The third kappa shape index (κ3) is 7.05. The first-order chi connectivity index (χ1) is 11.8. The molecule has 1 heterocycles. The number of unbranched alkanes of at least 4 members (excludes halogenated alkanes) is 1. The fraction of sp³-hybridized carbons (Fsp3) is 0.556. The van der Waals surface area contributed by atoms with Crippen LogP contribution >= 0.6 is 35.7 Å². The molecule has 7 heteroatoms. The molecule has 0 saturated heterocycles. The fourth-order valence-corrected chi connectivity index (χ4v) is 3.34. The molecule has 0 atom stereocenters. The van der Waals surface area contributed by atoms with E-state index in [9.17, 15) is 4.79 Å². The maximum absolute atomic E-state index is 12.6. The second-order valence-corrected chi connectivity index (χ2v) is 6.82. The average Bonchev–Trinajstić information content (AvgIpc) is 2.63. The Kier molecular flexibility index (Phi) is 11.0. The number of aliphatic imine (C=N–C) groups is 1. The van der Waals surface area contributed by atoms with Crippen LogP contribution in [0.4, 0.5) is 5.69 Å². The zero-order valence-corrected chi connectivity index (χ0v) is 18.2. The van der Waals surface area contributed by atoms with Crippen LogP contribution in [0.25, 0.3) is 0 Å². The van der Waals surface area contributed by atoms with Crippen LogP contribution in [0.1, 0.15) is 24.8 Å². The number of anilines is 1. The van der Waals surface area contributed by atoms with Crippen LogP contribution < -0.4 is 15.5 Å². The molecule has 0 radical (unpaired) electrons. The molecule has 0 unspecified atom stereocenters. The number of fused-ring (bicyclic) bond motifs is 1. The number of guanidine groups is 1. The molecule has 0 bridgehead atoms. The highest BCUT2D eigenvalue weighted by Gasteiger charge is 2.21. The molecule has 1 aromatic carbocycles. The molecular weight excluding hydrogens is 447 g/mol. The van der Waals surface area contributed by atoms with Crippen molar-refractivity contribution in [3.05, 3.63) is 29.8 Å². The molecule has 0 saturated carbocycles. The van der Waals surface area contributed by atoms with Gasteiger partial charge in [-0.05, 0) is 49.3 Å². The summed E-state index contributed by atoms with van der Waals surface area (Å²) in [5.41, 5.74) is 2.31. The van der Waals surface area contributed by atoms with Crippen molar-refractivity contribution in [2.24, 2.45) is 4.99 Å². The van der Waals surface area contributed by atoms with Crippen LogP contribution in [0.3, 0.4) is 0 Å². The number of rotatable bonds is 7. The Morgan fingerprint density at radius 1 is 1.28 bits per heavy atom. The van der Waals surface area contributed by atoms with Crippen LogP contribution in [0.2, 0.25) is 0 Å². The summed E-state index contributed by atoms with van der Waals surface area (Å²) in [5, 5.41) is 6.40. The van der Waals surface area contributed by atoms with Gasteiger partial charge >= 0.3 is 0 Å². The first kappa shape index (κ1) is 22.1. The zero-order chi connectivity index (χ0) is 17.2. The van der Waals surface area contributed by atoms with E-state index in [4.69, 9.17) is 0 Å². The summed E-state index contributed by atoms with van der Waals surface area (Å²) in [7, 11) is 1.73. The van der Waals surface area contributed by atoms with E-state index in [2.05, 4.69) is 27.9 Å². The first-order valence-electron chi connectivity index (χ1n) is 8.58. The Morgan fingerprint density at radius 2 is 2.08 bits per heavy atom. The van der Waals surface area contributed by atoms with Crippen LogP contribution in [0.15, 0.2) is 29.3 Å². The van der Waals surface area contributed by atoms with Gasteiger partial charge in [0.1, 0.15) is 0 Å². The molecule has 5 nitrogen and oxygen atoms in total. The van der Waals surface area contributed by atoms with E-state index >= 15 is 0 Å². The number of carbonyl (C=O) groups excluding carboxylic acids is 1. The van der Waals surface area contributed by atoms with Gasteiger partial charge in [-0.15, -0.1) is 24.0 Å². The third-order valence-corrected chi connectivity index (χ3v) is 4.81. The van der Waals surface area contributed by atoms with Crippen LogP contribution in [0, 0.1) is 0 Å². The van der Waals surface area contributed by atoms with Crippen molar-refractivity contribution in [2.75, 3.05) is 43.6 Å². The summed E-state index contributed by atoms with van der Waals surface area (Å²) in [6, 6.07) is 8.17. The molecule has 0 aliphatic carbocycles. The van der Waals surface area contributed by atoms with E-state index in [1.807, 2.05) is 34.9 Å². The van der Waals surface area contributed by atoms with Gasteiger partial charge in [-0.2, -0.15) is 11.8 Å². The third-order valence-electron chi connectivity index (χ3n) is 4.11. The molecule has 0 fully saturated rings. The second-order valence-electron chi connectivity index (χ2n) is 5.83. The quantitative estimate of drug-likeness (QED) is 0.275. The number of aryl methyl sites for hydroxylation is 1. The number of carbonyl (C=O) groups is 1. The lowest BCUT2D eigenvalue weighted by atomic mass is 10.0. The van der Waals surface area contributed by atoms with Crippen molar-refractivity contribution in [1.82, 2.24) is 10.6 Å². The molecule has 1 aliphatic heterocycles. The molecule has 2 rings (SSSR count). The fourth-order valence-electron chi connectivity index (χ4n) is 2.85. The van der Waals surface area contributed by atoms with E-state index in [0.717, 1.165) is 38.0 Å². The van der Waals surface area contributed by atoms with Crippen molar-refractivity contribution < 1.29 is 4.79 Å². The first-order valence-corrected chi connectivity index (χ1v) is 9.97. The number of nitrogens with one attached hydrogen (secondary N) is 2. The number of halogens is 1. The largest absolute Gasteiger partial charge is 0.356 e. The summed E-state index contributed by atoms with van der Waals surface area (Å²) >= 11 is 1.87. The number of amides is 1. The molecule has 140 valence electrons. The molecule has 1 aliphatic rings. The van der Waals surface area contributed by atoms with Crippen LogP contribution in [0.5, 0.6) is 0 Å². The van der Waals surface area contributed by atoms with Crippen LogP contribution in [-0.2, 0) is 11.2 Å².